The molecule has 0 aliphatic heterocycles. The van der Waals surface area contributed by atoms with Crippen molar-refractivity contribution in [1.29, 1.82) is 0 Å². The number of halogens is 1. The second kappa shape index (κ2) is 9.27. The summed E-state index contributed by atoms with van der Waals surface area (Å²) >= 11 is 6.43. The number of pyridine rings is 1. The first kappa shape index (κ1) is 22.3. The average molecular weight is 467 g/mol. The zero-order valence-corrected chi connectivity index (χ0v) is 18.2. The van der Waals surface area contributed by atoms with Crippen molar-refractivity contribution in [3.8, 4) is 23.0 Å². The van der Waals surface area contributed by atoms with Gasteiger partial charge in [-0.05, 0) is 42.8 Å². The monoisotopic (exact) mass is 466 g/mol. The zero-order chi connectivity index (χ0) is 23.5. The smallest absolute Gasteiger partial charge is 0.336 e. The first-order valence-corrected chi connectivity index (χ1v) is 10.3. The van der Waals surface area contributed by atoms with Gasteiger partial charge in [-0.2, -0.15) is 4.98 Å². The van der Waals surface area contributed by atoms with Gasteiger partial charge in [-0.15, -0.1) is 0 Å². The van der Waals surface area contributed by atoms with E-state index in [-0.39, 0.29) is 30.6 Å². The fourth-order valence-corrected chi connectivity index (χ4v) is 3.46. The minimum absolute atomic E-state index is 0.136. The van der Waals surface area contributed by atoms with Crippen molar-refractivity contribution in [2.24, 2.45) is 0 Å². The van der Waals surface area contributed by atoms with Crippen molar-refractivity contribution < 1.29 is 24.5 Å². The van der Waals surface area contributed by atoms with Crippen LogP contribution in [0, 0.1) is 6.92 Å². The Bertz CT molecular complexity index is 1350. The second-order valence-corrected chi connectivity index (χ2v) is 7.58. The first-order chi connectivity index (χ1) is 15.9. The molecule has 0 aliphatic rings. The van der Waals surface area contributed by atoms with Gasteiger partial charge in [0, 0.05) is 17.7 Å². The Morgan fingerprint density at radius 3 is 2.58 bits per heavy atom. The molecule has 0 atom stereocenters. The van der Waals surface area contributed by atoms with Crippen LogP contribution in [0.25, 0.3) is 22.4 Å². The lowest BCUT2D eigenvalue weighted by Crippen LogP contribution is -2.26. The Labute approximate surface area is 193 Å². The van der Waals surface area contributed by atoms with Crippen LogP contribution in [0.2, 0.25) is 5.02 Å². The number of fused-ring (bicyclic) bond motifs is 1. The van der Waals surface area contributed by atoms with E-state index in [1.54, 1.807) is 49.4 Å². The van der Waals surface area contributed by atoms with Crippen LogP contribution in [0.3, 0.4) is 0 Å². The number of aromatic amines is 1. The number of ether oxygens (including phenoxy) is 1. The Morgan fingerprint density at radius 2 is 1.88 bits per heavy atom. The summed E-state index contributed by atoms with van der Waals surface area (Å²) in [5.41, 5.74) is 3.28. The number of carbonyl (C=O) groups excluding carboxylic acids is 1. The number of H-pyrrole nitrogens is 1. The number of nitrogens with zero attached hydrogens (tertiary/aromatic N) is 2. The van der Waals surface area contributed by atoms with Crippen LogP contribution in [0.4, 0.5) is 0 Å². The molecule has 2 aromatic carbocycles. The van der Waals surface area contributed by atoms with E-state index in [4.69, 9.17) is 21.4 Å². The van der Waals surface area contributed by atoms with Gasteiger partial charge in [0.15, 0.2) is 5.65 Å². The standard InChI is InChI=1S/C23H19ClN4O5/c1-12-2-7-15(10-16(12)22(31)32)33-23-26-18-11-17(24)19(27-20(18)28-23)13-3-5-14(6-4-13)21(30)25-8-9-29/h2-7,10-11,29H,8-9H2,1H3,(H,25,30)(H,31,32)(H,26,27,28). The van der Waals surface area contributed by atoms with Crippen LogP contribution >= 0.6 is 11.6 Å². The number of aliphatic hydroxyl groups is 1. The number of aryl methyl sites for hydroxylation is 1. The number of nitrogens with one attached hydrogen (secondary N) is 2. The summed E-state index contributed by atoms with van der Waals surface area (Å²) in [6.07, 6.45) is 0. The lowest BCUT2D eigenvalue weighted by atomic mass is 10.1. The molecule has 0 saturated carbocycles. The molecule has 0 saturated heterocycles. The number of carboxylic acids is 1. The molecule has 4 rings (SSSR count). The molecule has 168 valence electrons. The Balaban J connectivity index is 1.60. The quantitative estimate of drug-likeness (QED) is 0.325. The molecule has 0 aliphatic carbocycles. The number of amides is 1. The first-order valence-electron chi connectivity index (χ1n) is 9.93. The van der Waals surface area contributed by atoms with Gasteiger partial charge in [-0.1, -0.05) is 29.8 Å². The number of aromatic nitrogens is 3. The molecule has 0 fully saturated rings. The van der Waals surface area contributed by atoms with E-state index in [2.05, 4.69) is 20.3 Å². The summed E-state index contributed by atoms with van der Waals surface area (Å²) in [7, 11) is 0. The molecule has 2 aromatic heterocycles. The number of benzene rings is 2. The fraction of sp³-hybridized carbons (Fsp3) is 0.130. The van der Waals surface area contributed by atoms with Crippen LogP contribution in [-0.2, 0) is 0 Å². The van der Waals surface area contributed by atoms with Gasteiger partial charge in [-0.3, -0.25) is 4.79 Å². The van der Waals surface area contributed by atoms with E-state index in [9.17, 15) is 14.7 Å². The topological polar surface area (TPSA) is 137 Å². The molecule has 4 N–H and O–H groups in total. The summed E-state index contributed by atoms with van der Waals surface area (Å²) in [5.74, 6) is -1.02. The number of rotatable bonds is 7. The summed E-state index contributed by atoms with van der Waals surface area (Å²) in [4.78, 5) is 35.2. The molecular weight excluding hydrogens is 448 g/mol. The SMILES string of the molecule is Cc1ccc(Oc2nc3nc(-c4ccc(C(=O)NCCO)cc4)c(Cl)cc3[nH]2)cc1C(=O)O. The van der Waals surface area contributed by atoms with E-state index in [1.165, 1.54) is 6.07 Å². The second-order valence-electron chi connectivity index (χ2n) is 7.17. The zero-order valence-electron chi connectivity index (χ0n) is 17.4. The van der Waals surface area contributed by atoms with Crippen molar-refractivity contribution >= 4 is 34.6 Å². The van der Waals surface area contributed by atoms with Crippen LogP contribution in [-0.4, -0.2) is 50.2 Å². The lowest BCUT2D eigenvalue weighted by Gasteiger charge is -2.06. The molecule has 2 heterocycles. The van der Waals surface area contributed by atoms with Gasteiger partial charge in [0.1, 0.15) is 5.75 Å². The van der Waals surface area contributed by atoms with Crippen molar-refractivity contribution in [2.45, 2.75) is 6.92 Å². The number of imidazole rings is 1. The highest BCUT2D eigenvalue weighted by atomic mass is 35.5. The molecule has 0 spiro atoms. The molecule has 10 heteroatoms. The van der Waals surface area contributed by atoms with Crippen LogP contribution in [0.15, 0.2) is 48.5 Å². The highest BCUT2D eigenvalue weighted by Gasteiger charge is 2.15. The van der Waals surface area contributed by atoms with E-state index in [0.29, 0.717) is 44.3 Å². The Morgan fingerprint density at radius 1 is 1.12 bits per heavy atom. The van der Waals surface area contributed by atoms with E-state index < -0.39 is 5.97 Å². The predicted octanol–water partition coefficient (Wildman–Crippen LogP) is 3.80. The predicted molar refractivity (Wildman–Crippen MR) is 122 cm³/mol. The average Bonchev–Trinajstić information content (AvgIpc) is 3.19. The number of carboxylic acid groups (broad SMARTS) is 1. The van der Waals surface area contributed by atoms with Gasteiger partial charge >= 0.3 is 12.0 Å². The normalized spacial score (nSPS) is 10.9. The van der Waals surface area contributed by atoms with Crippen LogP contribution in [0.5, 0.6) is 11.8 Å². The molecule has 1 amide bonds. The van der Waals surface area contributed by atoms with E-state index >= 15 is 0 Å². The van der Waals surface area contributed by atoms with Gasteiger partial charge in [0.2, 0.25) is 0 Å². The maximum atomic E-state index is 12.0. The minimum atomic E-state index is -1.04. The lowest BCUT2D eigenvalue weighted by molar-refractivity contribution is 0.0695. The van der Waals surface area contributed by atoms with E-state index in [1.807, 2.05) is 0 Å². The maximum absolute atomic E-state index is 12.0. The highest BCUT2D eigenvalue weighted by Crippen LogP contribution is 2.31. The maximum Gasteiger partial charge on any atom is 0.336 e. The molecule has 0 radical (unpaired) electrons. The van der Waals surface area contributed by atoms with Crippen molar-refractivity contribution in [3.05, 3.63) is 70.2 Å². The number of carbonyl (C=O) groups is 2. The molecule has 0 unspecified atom stereocenters. The van der Waals surface area contributed by atoms with Gasteiger partial charge < -0.3 is 25.3 Å². The molecule has 0 bridgehead atoms. The van der Waals surface area contributed by atoms with E-state index in [0.717, 1.165) is 0 Å². The number of aromatic carboxylic acids is 1. The summed E-state index contributed by atoms with van der Waals surface area (Å²) < 4.78 is 5.69. The number of hydrogen-bond acceptors (Lipinski definition) is 6. The number of hydrogen-bond donors (Lipinski definition) is 4. The Hall–Kier alpha value is -3.95. The van der Waals surface area contributed by atoms with Crippen LogP contribution < -0.4 is 10.1 Å². The number of aliphatic hydroxyl groups excluding tert-OH is 1. The molecule has 33 heavy (non-hydrogen) atoms. The minimum Gasteiger partial charge on any atom is -0.478 e. The van der Waals surface area contributed by atoms with Gasteiger partial charge in [0.05, 0.1) is 28.4 Å². The molecule has 9 nitrogen and oxygen atoms in total. The third-order valence-electron chi connectivity index (χ3n) is 4.88. The Kier molecular flexibility index (Phi) is 6.25. The largest absolute Gasteiger partial charge is 0.478 e. The third kappa shape index (κ3) is 4.79. The van der Waals surface area contributed by atoms with Crippen LogP contribution in [0.1, 0.15) is 26.3 Å². The van der Waals surface area contributed by atoms with Crippen molar-refractivity contribution in [1.82, 2.24) is 20.3 Å². The van der Waals surface area contributed by atoms with Crippen molar-refractivity contribution in [3.63, 3.8) is 0 Å². The van der Waals surface area contributed by atoms with Crippen molar-refractivity contribution in [2.75, 3.05) is 13.2 Å². The molecular formula is C23H19ClN4O5. The summed E-state index contributed by atoms with van der Waals surface area (Å²) in [6, 6.07) is 13.3. The fourth-order valence-electron chi connectivity index (χ4n) is 3.20. The third-order valence-corrected chi connectivity index (χ3v) is 5.16. The summed E-state index contributed by atoms with van der Waals surface area (Å²) in [6.45, 7) is 1.74. The highest BCUT2D eigenvalue weighted by molar-refractivity contribution is 6.33. The van der Waals surface area contributed by atoms with Gasteiger partial charge in [-0.25, -0.2) is 9.78 Å². The summed E-state index contributed by atoms with van der Waals surface area (Å²) in [5, 5.41) is 21.1. The molecule has 4 aromatic rings. The van der Waals surface area contributed by atoms with Gasteiger partial charge in [0.25, 0.3) is 5.91 Å².